The van der Waals surface area contributed by atoms with Crippen molar-refractivity contribution in [1.29, 1.82) is 0 Å². The number of carbonyl (C=O) groups is 1. The van der Waals surface area contributed by atoms with Crippen LogP contribution in [0.5, 0.6) is 11.5 Å². The highest BCUT2D eigenvalue weighted by Gasteiger charge is 2.49. The van der Waals surface area contributed by atoms with Crippen molar-refractivity contribution in [3.63, 3.8) is 0 Å². The number of likely N-dealkylation sites (tertiary alicyclic amines) is 1. The minimum Gasteiger partial charge on any atom is -0.454 e. The molecule has 2 atom stereocenters. The molecule has 0 spiro atoms. The highest BCUT2D eigenvalue weighted by molar-refractivity contribution is 6.30. The number of amides is 1. The van der Waals surface area contributed by atoms with E-state index in [1.807, 2.05) is 30.3 Å². The van der Waals surface area contributed by atoms with E-state index in [-0.39, 0.29) is 18.7 Å². The highest BCUT2D eigenvalue weighted by Crippen LogP contribution is 2.54. The van der Waals surface area contributed by atoms with Crippen LogP contribution in [0.2, 0.25) is 5.02 Å². The standard InChI is InChI=1S/C31H38ClN3O3/c32-25-4-1-20(2-5-25)16-35-17-26(34-30-23-10-21-9-22(12-23)13-24(30)11-21)15-27(35)31(36)33-8-7-19-3-6-28-29(14-19)38-18-37-28/h1-6,14,21-24,26-27,30,34H,7-13,15-18H2,(H,33,36)/t21?,22?,23?,24?,26-,27-,30?/m0/s1. The minimum atomic E-state index is -0.128. The van der Waals surface area contributed by atoms with Gasteiger partial charge in [-0.15, -0.1) is 0 Å². The molecule has 4 aliphatic carbocycles. The predicted octanol–water partition coefficient (Wildman–Crippen LogP) is 4.78. The van der Waals surface area contributed by atoms with E-state index >= 15 is 0 Å². The van der Waals surface area contributed by atoms with E-state index in [1.54, 1.807) is 0 Å². The Morgan fingerprint density at radius 2 is 1.61 bits per heavy atom. The van der Waals surface area contributed by atoms with Gasteiger partial charge >= 0.3 is 0 Å². The first-order valence-electron chi connectivity index (χ1n) is 14.5. The maximum Gasteiger partial charge on any atom is 0.237 e. The number of benzene rings is 2. The predicted molar refractivity (Wildman–Crippen MR) is 147 cm³/mol. The van der Waals surface area contributed by atoms with Gasteiger partial charge in [-0.25, -0.2) is 0 Å². The maximum absolute atomic E-state index is 13.5. The summed E-state index contributed by atoms with van der Waals surface area (Å²) in [4.78, 5) is 15.9. The third-order valence-electron chi connectivity index (χ3n) is 9.81. The smallest absolute Gasteiger partial charge is 0.237 e. The van der Waals surface area contributed by atoms with Gasteiger partial charge in [0.2, 0.25) is 12.7 Å². The normalized spacial score (nSPS) is 33.1. The fourth-order valence-electron chi connectivity index (χ4n) is 8.31. The van der Waals surface area contributed by atoms with Crippen molar-refractivity contribution in [3.05, 3.63) is 58.6 Å². The molecule has 1 amide bonds. The molecule has 7 heteroatoms. The number of halogens is 1. The lowest BCUT2D eigenvalue weighted by molar-refractivity contribution is -0.125. The summed E-state index contributed by atoms with van der Waals surface area (Å²) < 4.78 is 10.9. The van der Waals surface area contributed by atoms with Gasteiger partial charge < -0.3 is 20.1 Å². The van der Waals surface area contributed by atoms with Crippen LogP contribution in [-0.2, 0) is 17.8 Å². The third kappa shape index (κ3) is 5.03. The zero-order valence-electron chi connectivity index (χ0n) is 21.9. The molecule has 6 nitrogen and oxygen atoms in total. The molecule has 6 aliphatic rings. The Kier molecular flexibility index (Phi) is 6.75. The molecule has 0 radical (unpaired) electrons. The Balaban J connectivity index is 1.00. The number of fused-ring (bicyclic) bond motifs is 1. The molecule has 5 fully saturated rings. The number of nitrogens with one attached hydrogen (secondary N) is 2. The summed E-state index contributed by atoms with van der Waals surface area (Å²) in [5.41, 5.74) is 2.34. The molecule has 0 aromatic heterocycles. The Hall–Kier alpha value is -2.28. The fourth-order valence-corrected chi connectivity index (χ4v) is 8.44. The van der Waals surface area contributed by atoms with Crippen molar-refractivity contribution in [2.75, 3.05) is 19.9 Å². The second kappa shape index (κ2) is 10.4. The summed E-state index contributed by atoms with van der Waals surface area (Å²) in [5, 5.41) is 8.09. The van der Waals surface area contributed by atoms with Crippen LogP contribution in [0.25, 0.3) is 0 Å². The van der Waals surface area contributed by atoms with Crippen molar-refractivity contribution < 1.29 is 14.3 Å². The van der Waals surface area contributed by atoms with Crippen LogP contribution in [-0.4, -0.2) is 48.8 Å². The van der Waals surface area contributed by atoms with Gasteiger partial charge in [0.25, 0.3) is 0 Å². The molecule has 2 aromatic carbocycles. The summed E-state index contributed by atoms with van der Waals surface area (Å²) in [6.07, 6.45) is 8.76. The van der Waals surface area contributed by atoms with Crippen LogP contribution in [0.1, 0.15) is 49.7 Å². The number of nitrogens with zero attached hydrogens (tertiary/aromatic N) is 1. The molecular weight excluding hydrogens is 498 g/mol. The van der Waals surface area contributed by atoms with Gasteiger partial charge in [-0.05, 0) is 104 Å². The van der Waals surface area contributed by atoms with Crippen LogP contribution >= 0.6 is 11.6 Å². The summed E-state index contributed by atoms with van der Waals surface area (Å²) in [5.74, 6) is 5.34. The number of ether oxygens (including phenoxy) is 2. The van der Waals surface area contributed by atoms with Crippen LogP contribution in [0.3, 0.4) is 0 Å². The van der Waals surface area contributed by atoms with Crippen molar-refractivity contribution in [2.45, 2.75) is 69.6 Å². The highest BCUT2D eigenvalue weighted by atomic mass is 35.5. The largest absolute Gasteiger partial charge is 0.454 e. The second-order valence-corrected chi connectivity index (χ2v) is 12.8. The van der Waals surface area contributed by atoms with Crippen LogP contribution in [0.15, 0.2) is 42.5 Å². The zero-order valence-corrected chi connectivity index (χ0v) is 22.7. The van der Waals surface area contributed by atoms with Crippen molar-refractivity contribution in [1.82, 2.24) is 15.5 Å². The number of carbonyl (C=O) groups excluding carboxylic acids is 1. The van der Waals surface area contributed by atoms with E-state index in [4.69, 9.17) is 21.1 Å². The Morgan fingerprint density at radius 3 is 2.37 bits per heavy atom. The molecule has 1 saturated heterocycles. The van der Waals surface area contributed by atoms with Gasteiger partial charge in [0.1, 0.15) is 0 Å². The molecule has 2 aliphatic heterocycles. The van der Waals surface area contributed by atoms with Crippen LogP contribution in [0, 0.1) is 23.7 Å². The van der Waals surface area contributed by atoms with Crippen molar-refractivity contribution in [2.24, 2.45) is 23.7 Å². The average Bonchev–Trinajstić information content (AvgIpc) is 3.53. The lowest BCUT2D eigenvalue weighted by Gasteiger charge is -2.55. The molecule has 2 heterocycles. The first-order valence-corrected chi connectivity index (χ1v) is 14.9. The van der Waals surface area contributed by atoms with E-state index in [1.165, 1.54) is 37.7 Å². The van der Waals surface area contributed by atoms with E-state index in [2.05, 4.69) is 27.7 Å². The topological polar surface area (TPSA) is 62.8 Å². The molecule has 38 heavy (non-hydrogen) atoms. The summed E-state index contributed by atoms with van der Waals surface area (Å²) in [6, 6.07) is 14.9. The van der Waals surface area contributed by atoms with Gasteiger partial charge in [0, 0.05) is 36.7 Å². The number of rotatable bonds is 8. The summed E-state index contributed by atoms with van der Waals surface area (Å²) >= 11 is 6.14. The molecule has 4 bridgehead atoms. The van der Waals surface area contributed by atoms with E-state index < -0.39 is 0 Å². The molecule has 2 N–H and O–H groups in total. The van der Waals surface area contributed by atoms with E-state index in [9.17, 15) is 4.79 Å². The molecule has 202 valence electrons. The lowest BCUT2D eigenvalue weighted by atomic mass is 9.54. The number of hydrogen-bond donors (Lipinski definition) is 2. The van der Waals surface area contributed by atoms with Crippen LogP contribution in [0.4, 0.5) is 0 Å². The second-order valence-electron chi connectivity index (χ2n) is 12.4. The number of hydrogen-bond acceptors (Lipinski definition) is 5. The van der Waals surface area contributed by atoms with Gasteiger partial charge in [-0.3, -0.25) is 9.69 Å². The molecule has 4 saturated carbocycles. The first kappa shape index (κ1) is 24.7. The van der Waals surface area contributed by atoms with Gasteiger partial charge in [-0.1, -0.05) is 29.8 Å². The molecular formula is C31H38ClN3O3. The van der Waals surface area contributed by atoms with Crippen molar-refractivity contribution in [3.8, 4) is 11.5 Å². The van der Waals surface area contributed by atoms with Gasteiger partial charge in [0.05, 0.1) is 6.04 Å². The molecule has 8 rings (SSSR count). The summed E-state index contributed by atoms with van der Waals surface area (Å²) in [7, 11) is 0. The maximum atomic E-state index is 13.5. The monoisotopic (exact) mass is 535 g/mol. The van der Waals surface area contributed by atoms with Gasteiger partial charge in [0.15, 0.2) is 11.5 Å². The van der Waals surface area contributed by atoms with Crippen molar-refractivity contribution >= 4 is 17.5 Å². The Bertz CT molecular complexity index is 1140. The molecule has 0 unspecified atom stereocenters. The SMILES string of the molecule is O=C(NCCc1ccc2c(c1)OCO2)[C@@H]1C[C@H](NC2C3CC4CC(C3)CC2C4)CN1Cc1ccc(Cl)cc1. The third-order valence-corrected chi connectivity index (χ3v) is 10.1. The first-order chi connectivity index (χ1) is 18.6. The van der Waals surface area contributed by atoms with Crippen LogP contribution < -0.4 is 20.1 Å². The summed E-state index contributed by atoms with van der Waals surface area (Å²) in [6.45, 7) is 2.56. The zero-order chi connectivity index (χ0) is 25.6. The Labute approximate surface area is 230 Å². The molecule has 2 aromatic rings. The van der Waals surface area contributed by atoms with E-state index in [0.717, 1.165) is 71.7 Å². The average molecular weight is 536 g/mol. The van der Waals surface area contributed by atoms with E-state index in [0.29, 0.717) is 18.6 Å². The fraction of sp³-hybridized carbons (Fsp3) is 0.581. The minimum absolute atomic E-state index is 0.128. The Morgan fingerprint density at radius 1 is 0.895 bits per heavy atom. The van der Waals surface area contributed by atoms with Gasteiger partial charge in [-0.2, -0.15) is 0 Å². The quantitative estimate of drug-likeness (QED) is 0.509. The lowest BCUT2D eigenvalue weighted by Crippen LogP contribution is -2.57.